The molecule has 114 valence electrons. The van der Waals surface area contributed by atoms with E-state index in [-0.39, 0.29) is 6.61 Å². The summed E-state index contributed by atoms with van der Waals surface area (Å²) in [6, 6.07) is 15.1. The molecule has 3 heterocycles. The van der Waals surface area contributed by atoms with Crippen molar-refractivity contribution in [3.8, 4) is 22.6 Å². The number of aromatic nitrogens is 2. The summed E-state index contributed by atoms with van der Waals surface area (Å²) in [5.41, 5.74) is 3.68. The van der Waals surface area contributed by atoms with E-state index < -0.39 is 0 Å². The van der Waals surface area contributed by atoms with Gasteiger partial charge in [-0.25, -0.2) is 4.98 Å². The molecule has 0 bridgehead atoms. The Morgan fingerprint density at radius 1 is 0.957 bits per heavy atom. The van der Waals surface area contributed by atoms with Crippen molar-refractivity contribution in [2.24, 2.45) is 0 Å². The molecule has 0 radical (unpaired) electrons. The van der Waals surface area contributed by atoms with Gasteiger partial charge in [0.2, 0.25) is 0 Å². The molecular weight excluding hydrogens is 312 g/mol. The Kier molecular flexibility index (Phi) is 3.41. The Bertz CT molecular complexity index is 970. The number of halogens is 1. The van der Waals surface area contributed by atoms with Crippen molar-refractivity contribution >= 4 is 17.2 Å². The molecule has 4 aromatic rings. The van der Waals surface area contributed by atoms with Crippen molar-refractivity contribution in [2.75, 3.05) is 0 Å². The summed E-state index contributed by atoms with van der Waals surface area (Å²) in [7, 11) is 0. The minimum Gasteiger partial charge on any atom is -0.459 e. The molecule has 1 aromatic carbocycles. The molecule has 0 aliphatic carbocycles. The Labute approximate surface area is 137 Å². The van der Waals surface area contributed by atoms with Gasteiger partial charge in [-0.05, 0) is 36.4 Å². The molecule has 0 unspecified atom stereocenters. The van der Waals surface area contributed by atoms with Gasteiger partial charge in [0, 0.05) is 28.5 Å². The van der Waals surface area contributed by atoms with Crippen molar-refractivity contribution in [1.29, 1.82) is 0 Å². The molecule has 23 heavy (non-hydrogen) atoms. The van der Waals surface area contributed by atoms with Crippen LogP contribution in [0.5, 0.6) is 0 Å². The first-order valence-corrected chi connectivity index (χ1v) is 7.55. The third-order valence-electron chi connectivity index (χ3n) is 3.69. The average Bonchev–Trinajstić information content (AvgIpc) is 3.21. The highest BCUT2D eigenvalue weighted by Crippen LogP contribution is 2.25. The number of hydrogen-bond donors (Lipinski definition) is 1. The van der Waals surface area contributed by atoms with Crippen LogP contribution in [0.25, 0.3) is 28.2 Å². The maximum atomic E-state index is 9.10. The molecule has 0 spiro atoms. The number of pyridine rings is 1. The van der Waals surface area contributed by atoms with Gasteiger partial charge in [0.15, 0.2) is 0 Å². The van der Waals surface area contributed by atoms with Crippen LogP contribution in [0.2, 0.25) is 5.02 Å². The van der Waals surface area contributed by atoms with E-state index in [0.717, 1.165) is 28.2 Å². The van der Waals surface area contributed by atoms with Crippen LogP contribution in [-0.4, -0.2) is 14.5 Å². The second kappa shape index (κ2) is 5.57. The molecule has 0 fully saturated rings. The molecular formula is C18H13ClN2O2. The molecule has 5 heteroatoms. The fraction of sp³-hybridized carbons (Fsp3) is 0.0556. The topological polar surface area (TPSA) is 50.7 Å². The van der Waals surface area contributed by atoms with E-state index in [2.05, 4.69) is 4.98 Å². The van der Waals surface area contributed by atoms with Gasteiger partial charge in [-0.3, -0.25) is 0 Å². The van der Waals surface area contributed by atoms with Crippen molar-refractivity contribution < 1.29 is 9.52 Å². The maximum Gasteiger partial charge on any atom is 0.137 e. The van der Waals surface area contributed by atoms with Gasteiger partial charge in [-0.15, -0.1) is 0 Å². The molecule has 4 nitrogen and oxygen atoms in total. The lowest BCUT2D eigenvalue weighted by atomic mass is 10.2. The highest BCUT2D eigenvalue weighted by molar-refractivity contribution is 6.30. The second-order valence-electron chi connectivity index (χ2n) is 5.24. The van der Waals surface area contributed by atoms with Crippen molar-refractivity contribution in [2.45, 2.75) is 6.61 Å². The minimum absolute atomic E-state index is 0.103. The lowest BCUT2D eigenvalue weighted by molar-refractivity contribution is 0.248. The van der Waals surface area contributed by atoms with E-state index in [1.54, 1.807) is 6.07 Å². The number of rotatable bonds is 3. The molecule has 0 saturated heterocycles. The molecule has 0 aliphatic heterocycles. The Balaban J connectivity index is 1.75. The van der Waals surface area contributed by atoms with Crippen molar-refractivity contribution in [1.82, 2.24) is 9.38 Å². The van der Waals surface area contributed by atoms with Gasteiger partial charge in [-0.2, -0.15) is 0 Å². The smallest absolute Gasteiger partial charge is 0.137 e. The Hall–Kier alpha value is -2.56. The minimum atomic E-state index is -0.103. The fourth-order valence-electron chi connectivity index (χ4n) is 2.52. The number of hydrogen-bond acceptors (Lipinski definition) is 3. The summed E-state index contributed by atoms with van der Waals surface area (Å²) in [4.78, 5) is 4.62. The second-order valence-corrected chi connectivity index (χ2v) is 5.68. The van der Waals surface area contributed by atoms with E-state index >= 15 is 0 Å². The highest BCUT2D eigenvalue weighted by atomic mass is 35.5. The number of aliphatic hydroxyl groups excluding tert-OH is 1. The van der Waals surface area contributed by atoms with E-state index in [9.17, 15) is 0 Å². The monoisotopic (exact) mass is 324 g/mol. The molecule has 0 amide bonds. The Morgan fingerprint density at radius 3 is 2.48 bits per heavy atom. The van der Waals surface area contributed by atoms with Crippen LogP contribution in [0.15, 0.2) is 65.3 Å². The van der Waals surface area contributed by atoms with E-state index in [1.807, 2.05) is 59.3 Å². The van der Waals surface area contributed by atoms with Gasteiger partial charge in [0.25, 0.3) is 0 Å². The van der Waals surface area contributed by atoms with Gasteiger partial charge in [0.05, 0.1) is 5.69 Å². The first-order chi connectivity index (χ1) is 11.2. The van der Waals surface area contributed by atoms with Crippen LogP contribution in [0.4, 0.5) is 0 Å². The summed E-state index contributed by atoms with van der Waals surface area (Å²) < 4.78 is 7.53. The lowest BCUT2D eigenvalue weighted by Crippen LogP contribution is -1.84. The van der Waals surface area contributed by atoms with Crippen LogP contribution < -0.4 is 0 Å². The van der Waals surface area contributed by atoms with Gasteiger partial charge in [-0.1, -0.05) is 23.7 Å². The average molecular weight is 325 g/mol. The highest BCUT2D eigenvalue weighted by Gasteiger charge is 2.08. The van der Waals surface area contributed by atoms with Crippen molar-refractivity contribution in [3.05, 3.63) is 71.7 Å². The zero-order valence-electron chi connectivity index (χ0n) is 12.1. The van der Waals surface area contributed by atoms with Crippen LogP contribution in [0.1, 0.15) is 5.76 Å². The third kappa shape index (κ3) is 2.63. The normalized spacial score (nSPS) is 11.2. The standard InChI is InChI=1S/C18H13ClN2O2/c19-14-4-1-12(2-5-14)16-10-21-9-13(3-8-18(21)20-16)17-7-6-15(11-22)23-17/h1-10,22H,11H2. The van der Waals surface area contributed by atoms with Gasteiger partial charge >= 0.3 is 0 Å². The molecule has 0 atom stereocenters. The van der Waals surface area contributed by atoms with E-state index in [1.165, 1.54) is 0 Å². The molecule has 1 N–H and O–H groups in total. The number of benzene rings is 1. The van der Waals surface area contributed by atoms with E-state index in [4.69, 9.17) is 21.1 Å². The number of nitrogens with zero attached hydrogens (tertiary/aromatic N) is 2. The predicted molar refractivity (Wildman–Crippen MR) is 89.3 cm³/mol. The van der Waals surface area contributed by atoms with Gasteiger partial charge in [0.1, 0.15) is 23.8 Å². The quantitative estimate of drug-likeness (QED) is 0.607. The first-order valence-electron chi connectivity index (χ1n) is 7.17. The van der Waals surface area contributed by atoms with Crippen LogP contribution in [-0.2, 0) is 6.61 Å². The molecule has 0 saturated carbocycles. The third-order valence-corrected chi connectivity index (χ3v) is 3.95. The maximum absolute atomic E-state index is 9.10. The fourth-order valence-corrected chi connectivity index (χ4v) is 2.64. The number of imidazole rings is 1. The first kappa shape index (κ1) is 14.1. The zero-order valence-corrected chi connectivity index (χ0v) is 12.9. The summed E-state index contributed by atoms with van der Waals surface area (Å²) in [5.74, 6) is 1.27. The van der Waals surface area contributed by atoms with Crippen LogP contribution >= 0.6 is 11.6 Å². The molecule has 4 rings (SSSR count). The summed E-state index contributed by atoms with van der Waals surface area (Å²) in [6.07, 6.45) is 3.93. The summed E-state index contributed by atoms with van der Waals surface area (Å²) in [5, 5.41) is 9.81. The van der Waals surface area contributed by atoms with E-state index in [0.29, 0.717) is 10.8 Å². The summed E-state index contributed by atoms with van der Waals surface area (Å²) in [6.45, 7) is -0.103. The SMILES string of the molecule is OCc1ccc(-c2ccc3nc(-c4ccc(Cl)cc4)cn3c2)o1. The molecule has 3 aromatic heterocycles. The number of furan rings is 1. The summed E-state index contributed by atoms with van der Waals surface area (Å²) >= 11 is 5.93. The lowest BCUT2D eigenvalue weighted by Gasteiger charge is -1.98. The van der Waals surface area contributed by atoms with Gasteiger partial charge < -0.3 is 13.9 Å². The molecule has 0 aliphatic rings. The van der Waals surface area contributed by atoms with Crippen LogP contribution in [0, 0.1) is 0 Å². The van der Waals surface area contributed by atoms with Crippen LogP contribution in [0.3, 0.4) is 0 Å². The predicted octanol–water partition coefficient (Wildman–Crippen LogP) is 4.41. The van der Waals surface area contributed by atoms with Crippen molar-refractivity contribution in [3.63, 3.8) is 0 Å². The zero-order chi connectivity index (χ0) is 15.8. The largest absolute Gasteiger partial charge is 0.459 e. The number of aliphatic hydroxyl groups is 1. The Morgan fingerprint density at radius 2 is 1.74 bits per heavy atom. The number of fused-ring (bicyclic) bond motifs is 1.